The summed E-state index contributed by atoms with van der Waals surface area (Å²) >= 11 is 2.78. The first-order valence-corrected chi connectivity index (χ1v) is 6.79. The molecule has 19 heavy (non-hydrogen) atoms. The van der Waals surface area contributed by atoms with Crippen molar-refractivity contribution in [2.75, 3.05) is 20.2 Å². The molecule has 0 radical (unpaired) electrons. The van der Waals surface area contributed by atoms with Gasteiger partial charge in [-0.3, -0.25) is 4.79 Å². The monoisotopic (exact) mass is 333 g/mol. The highest BCUT2D eigenvalue weighted by Gasteiger charge is 2.24. The van der Waals surface area contributed by atoms with E-state index in [4.69, 9.17) is 4.74 Å². The molecule has 104 valence electrons. The SMILES string of the molecule is COC1CCN(C(=O)c2cc(F)c(Br)c(F)c2)CC1. The van der Waals surface area contributed by atoms with Crippen LogP contribution in [0.15, 0.2) is 16.6 Å². The molecule has 1 aliphatic rings. The molecular formula is C13H14BrF2NO2. The lowest BCUT2D eigenvalue weighted by Crippen LogP contribution is -2.40. The molecule has 1 heterocycles. The summed E-state index contributed by atoms with van der Waals surface area (Å²) in [5.41, 5.74) is 0.0362. The number of likely N-dealkylation sites (tertiary alicyclic amines) is 1. The van der Waals surface area contributed by atoms with Crippen molar-refractivity contribution < 1.29 is 18.3 Å². The quantitative estimate of drug-likeness (QED) is 0.779. The van der Waals surface area contributed by atoms with E-state index in [1.54, 1.807) is 12.0 Å². The lowest BCUT2D eigenvalue weighted by atomic mass is 10.1. The number of hydrogen-bond acceptors (Lipinski definition) is 2. The van der Waals surface area contributed by atoms with Crippen molar-refractivity contribution in [2.24, 2.45) is 0 Å². The van der Waals surface area contributed by atoms with E-state index in [0.717, 1.165) is 25.0 Å². The number of benzene rings is 1. The minimum absolute atomic E-state index is 0.0362. The summed E-state index contributed by atoms with van der Waals surface area (Å²) in [7, 11) is 1.64. The number of ether oxygens (including phenoxy) is 1. The summed E-state index contributed by atoms with van der Waals surface area (Å²) in [5, 5.41) is 0. The number of carbonyl (C=O) groups is 1. The number of amides is 1. The van der Waals surface area contributed by atoms with Crippen LogP contribution in [0.2, 0.25) is 0 Å². The van der Waals surface area contributed by atoms with Crippen molar-refractivity contribution >= 4 is 21.8 Å². The van der Waals surface area contributed by atoms with Gasteiger partial charge in [-0.15, -0.1) is 0 Å². The molecule has 1 amide bonds. The second-order valence-corrected chi connectivity index (χ2v) is 5.27. The fourth-order valence-electron chi connectivity index (χ4n) is 2.16. The van der Waals surface area contributed by atoms with Crippen molar-refractivity contribution in [1.29, 1.82) is 0 Å². The Morgan fingerprint density at radius 3 is 2.32 bits per heavy atom. The summed E-state index contributed by atoms with van der Waals surface area (Å²) < 4.78 is 31.8. The predicted octanol–water partition coefficient (Wildman–Crippen LogP) is 2.98. The van der Waals surface area contributed by atoms with E-state index in [0.29, 0.717) is 13.1 Å². The van der Waals surface area contributed by atoms with Gasteiger partial charge in [-0.1, -0.05) is 0 Å². The predicted molar refractivity (Wildman–Crippen MR) is 70.0 cm³/mol. The highest BCUT2D eigenvalue weighted by atomic mass is 79.9. The standard InChI is InChI=1S/C13H14BrF2NO2/c1-19-9-2-4-17(5-3-9)13(18)8-6-10(15)12(14)11(16)7-8/h6-7,9H,2-5H2,1H3. The smallest absolute Gasteiger partial charge is 0.254 e. The zero-order valence-corrected chi connectivity index (χ0v) is 12.0. The average Bonchev–Trinajstić information content (AvgIpc) is 2.43. The van der Waals surface area contributed by atoms with E-state index in [1.807, 2.05) is 0 Å². The van der Waals surface area contributed by atoms with Crippen LogP contribution in [-0.2, 0) is 4.74 Å². The van der Waals surface area contributed by atoms with Crippen LogP contribution < -0.4 is 0 Å². The number of nitrogens with zero attached hydrogens (tertiary/aromatic N) is 1. The van der Waals surface area contributed by atoms with Gasteiger partial charge in [0.15, 0.2) is 0 Å². The Hall–Kier alpha value is -1.01. The largest absolute Gasteiger partial charge is 0.381 e. The Bertz CT molecular complexity index is 465. The fraction of sp³-hybridized carbons (Fsp3) is 0.462. The third kappa shape index (κ3) is 3.12. The van der Waals surface area contributed by atoms with E-state index in [-0.39, 0.29) is 22.0 Å². The zero-order valence-electron chi connectivity index (χ0n) is 10.5. The molecule has 0 aliphatic carbocycles. The first-order valence-electron chi connectivity index (χ1n) is 5.99. The van der Waals surface area contributed by atoms with Crippen LogP contribution in [0.25, 0.3) is 0 Å². The van der Waals surface area contributed by atoms with Crippen LogP contribution in [0.4, 0.5) is 8.78 Å². The van der Waals surface area contributed by atoms with E-state index in [2.05, 4.69) is 15.9 Å². The van der Waals surface area contributed by atoms with Crippen LogP contribution in [0, 0.1) is 11.6 Å². The molecule has 1 aromatic carbocycles. The first kappa shape index (κ1) is 14.4. The topological polar surface area (TPSA) is 29.5 Å². The van der Waals surface area contributed by atoms with E-state index < -0.39 is 11.6 Å². The van der Waals surface area contributed by atoms with Gasteiger partial charge in [0.25, 0.3) is 5.91 Å². The second-order valence-electron chi connectivity index (χ2n) is 4.48. The normalized spacial score (nSPS) is 16.7. The molecule has 0 bridgehead atoms. The van der Waals surface area contributed by atoms with Gasteiger partial charge in [-0.05, 0) is 40.9 Å². The Labute approximate surface area is 118 Å². The van der Waals surface area contributed by atoms with Gasteiger partial charge in [0.05, 0.1) is 10.6 Å². The Balaban J connectivity index is 2.12. The lowest BCUT2D eigenvalue weighted by Gasteiger charge is -2.31. The van der Waals surface area contributed by atoms with Gasteiger partial charge in [0.2, 0.25) is 0 Å². The maximum absolute atomic E-state index is 13.4. The number of halogens is 3. The highest BCUT2D eigenvalue weighted by Crippen LogP contribution is 2.23. The molecule has 1 fully saturated rings. The highest BCUT2D eigenvalue weighted by molar-refractivity contribution is 9.10. The summed E-state index contributed by atoms with van der Waals surface area (Å²) in [5.74, 6) is -1.88. The van der Waals surface area contributed by atoms with Gasteiger partial charge >= 0.3 is 0 Å². The molecule has 1 saturated heterocycles. The Morgan fingerprint density at radius 2 is 1.84 bits per heavy atom. The second kappa shape index (κ2) is 5.96. The molecule has 2 rings (SSSR count). The average molecular weight is 334 g/mol. The summed E-state index contributed by atoms with van der Waals surface area (Å²) in [4.78, 5) is 13.7. The first-order chi connectivity index (χ1) is 9.02. The van der Waals surface area contributed by atoms with E-state index in [9.17, 15) is 13.6 Å². The van der Waals surface area contributed by atoms with Crippen molar-refractivity contribution in [2.45, 2.75) is 18.9 Å². The van der Waals surface area contributed by atoms with Crippen LogP contribution in [0.5, 0.6) is 0 Å². The number of piperidine rings is 1. The number of hydrogen-bond donors (Lipinski definition) is 0. The molecule has 0 aromatic heterocycles. The summed E-state index contributed by atoms with van der Waals surface area (Å²) in [6, 6.07) is 2.11. The molecule has 0 atom stereocenters. The summed E-state index contributed by atoms with van der Waals surface area (Å²) in [6.45, 7) is 1.08. The Morgan fingerprint density at radius 1 is 1.32 bits per heavy atom. The maximum Gasteiger partial charge on any atom is 0.254 e. The molecular weight excluding hydrogens is 320 g/mol. The summed E-state index contributed by atoms with van der Waals surface area (Å²) in [6.07, 6.45) is 1.63. The molecule has 0 unspecified atom stereocenters. The molecule has 0 spiro atoms. The zero-order chi connectivity index (χ0) is 14.0. The molecule has 6 heteroatoms. The van der Waals surface area contributed by atoms with Crippen LogP contribution in [0.1, 0.15) is 23.2 Å². The van der Waals surface area contributed by atoms with Crippen molar-refractivity contribution in [3.63, 3.8) is 0 Å². The number of rotatable bonds is 2. The van der Waals surface area contributed by atoms with Crippen LogP contribution >= 0.6 is 15.9 Å². The van der Waals surface area contributed by atoms with Gasteiger partial charge in [-0.25, -0.2) is 8.78 Å². The molecule has 1 aliphatic heterocycles. The third-order valence-corrected chi connectivity index (χ3v) is 4.05. The van der Waals surface area contributed by atoms with Gasteiger partial charge in [-0.2, -0.15) is 0 Å². The number of carbonyl (C=O) groups excluding carboxylic acids is 1. The molecule has 0 N–H and O–H groups in total. The van der Waals surface area contributed by atoms with Gasteiger partial charge in [0.1, 0.15) is 11.6 Å². The fourth-order valence-corrected chi connectivity index (χ4v) is 2.39. The van der Waals surface area contributed by atoms with E-state index in [1.165, 1.54) is 0 Å². The molecule has 0 saturated carbocycles. The van der Waals surface area contributed by atoms with Gasteiger partial charge in [0, 0.05) is 25.8 Å². The van der Waals surface area contributed by atoms with Crippen molar-refractivity contribution in [3.05, 3.63) is 33.8 Å². The maximum atomic E-state index is 13.4. The van der Waals surface area contributed by atoms with Crippen molar-refractivity contribution in [3.8, 4) is 0 Å². The van der Waals surface area contributed by atoms with Gasteiger partial charge < -0.3 is 9.64 Å². The molecule has 3 nitrogen and oxygen atoms in total. The third-order valence-electron chi connectivity index (χ3n) is 3.29. The Kier molecular flexibility index (Phi) is 4.52. The van der Waals surface area contributed by atoms with Crippen LogP contribution in [-0.4, -0.2) is 37.1 Å². The lowest BCUT2D eigenvalue weighted by molar-refractivity contribution is 0.0350. The number of methoxy groups -OCH3 is 1. The van der Waals surface area contributed by atoms with E-state index >= 15 is 0 Å². The minimum Gasteiger partial charge on any atom is -0.381 e. The molecule has 1 aromatic rings. The minimum atomic E-state index is -0.768. The van der Waals surface area contributed by atoms with Crippen LogP contribution in [0.3, 0.4) is 0 Å². The van der Waals surface area contributed by atoms with Crippen molar-refractivity contribution in [1.82, 2.24) is 4.90 Å².